The molecule has 26 heavy (non-hydrogen) atoms. The van der Waals surface area contributed by atoms with Crippen LogP contribution in [0.3, 0.4) is 0 Å². The summed E-state index contributed by atoms with van der Waals surface area (Å²) in [5.41, 5.74) is 2.56. The molecule has 3 aromatic rings. The van der Waals surface area contributed by atoms with Gasteiger partial charge in [0.15, 0.2) is 0 Å². The van der Waals surface area contributed by atoms with E-state index >= 15 is 0 Å². The predicted octanol–water partition coefficient (Wildman–Crippen LogP) is 3.52. The lowest BCUT2D eigenvalue weighted by atomic mass is 10.0. The summed E-state index contributed by atoms with van der Waals surface area (Å²) in [6.07, 6.45) is 1.61. The highest BCUT2D eigenvalue weighted by Gasteiger charge is 2.26. The largest absolute Gasteiger partial charge is 0.334 e. The van der Waals surface area contributed by atoms with Crippen LogP contribution in [0.2, 0.25) is 5.02 Å². The molecule has 2 aromatic carbocycles. The van der Waals surface area contributed by atoms with E-state index in [1.165, 1.54) is 0 Å². The van der Waals surface area contributed by atoms with Crippen molar-refractivity contribution in [1.29, 1.82) is 0 Å². The van der Waals surface area contributed by atoms with Gasteiger partial charge in [0.25, 0.3) is 5.91 Å². The number of imidazole rings is 1. The maximum atomic E-state index is 12.9. The summed E-state index contributed by atoms with van der Waals surface area (Å²) in [5, 5.41) is 4.15. The Morgan fingerprint density at radius 2 is 2.00 bits per heavy atom. The second kappa shape index (κ2) is 7.32. The molecule has 132 valence electrons. The monoisotopic (exact) mass is 366 g/mol. The van der Waals surface area contributed by atoms with Gasteiger partial charge < -0.3 is 15.2 Å². The van der Waals surface area contributed by atoms with Crippen molar-refractivity contribution in [3.63, 3.8) is 0 Å². The second-order valence-corrected chi connectivity index (χ2v) is 6.76. The van der Waals surface area contributed by atoms with Crippen LogP contribution in [-0.4, -0.2) is 40.4 Å². The number of hydrogen-bond donors (Lipinski definition) is 2. The smallest absolute Gasteiger partial charge is 0.272 e. The Morgan fingerprint density at radius 1 is 1.15 bits per heavy atom. The van der Waals surface area contributed by atoms with Crippen LogP contribution in [0.25, 0.3) is 11.4 Å². The zero-order valence-electron chi connectivity index (χ0n) is 14.2. The van der Waals surface area contributed by atoms with Gasteiger partial charge in [0, 0.05) is 30.2 Å². The Bertz CT molecular complexity index is 909. The second-order valence-electron chi connectivity index (χ2n) is 6.32. The Labute approximate surface area is 157 Å². The van der Waals surface area contributed by atoms with E-state index in [2.05, 4.69) is 15.3 Å². The third-order valence-electron chi connectivity index (χ3n) is 4.57. The van der Waals surface area contributed by atoms with E-state index in [1.807, 2.05) is 59.5 Å². The number of benzene rings is 2. The SMILES string of the molecule is O=C(c1cnc(-c2ccccc2)[nH]1)N1CCNC(c2cccc(Cl)c2)C1. The van der Waals surface area contributed by atoms with Crippen molar-refractivity contribution in [3.8, 4) is 11.4 Å². The highest BCUT2D eigenvalue weighted by Crippen LogP contribution is 2.22. The van der Waals surface area contributed by atoms with E-state index in [9.17, 15) is 4.79 Å². The summed E-state index contributed by atoms with van der Waals surface area (Å²) in [6, 6.07) is 17.6. The van der Waals surface area contributed by atoms with Gasteiger partial charge >= 0.3 is 0 Å². The molecule has 4 rings (SSSR count). The number of amides is 1. The first-order valence-electron chi connectivity index (χ1n) is 8.59. The summed E-state index contributed by atoms with van der Waals surface area (Å²) in [7, 11) is 0. The fourth-order valence-corrected chi connectivity index (χ4v) is 3.42. The molecule has 1 saturated heterocycles. The number of nitrogens with zero attached hydrogens (tertiary/aromatic N) is 2. The number of aromatic nitrogens is 2. The summed E-state index contributed by atoms with van der Waals surface area (Å²) in [4.78, 5) is 22.2. The quantitative estimate of drug-likeness (QED) is 0.745. The van der Waals surface area contributed by atoms with Crippen LogP contribution in [-0.2, 0) is 0 Å². The summed E-state index contributed by atoms with van der Waals surface area (Å²) >= 11 is 6.10. The van der Waals surface area contributed by atoms with Crippen LogP contribution in [0.1, 0.15) is 22.1 Å². The third-order valence-corrected chi connectivity index (χ3v) is 4.80. The number of halogens is 1. The van der Waals surface area contributed by atoms with Gasteiger partial charge in [0.2, 0.25) is 0 Å². The minimum atomic E-state index is -0.0341. The molecule has 0 spiro atoms. The molecule has 5 nitrogen and oxygen atoms in total. The van der Waals surface area contributed by atoms with Gasteiger partial charge in [0.1, 0.15) is 11.5 Å². The Hall–Kier alpha value is -2.63. The molecule has 6 heteroatoms. The van der Waals surface area contributed by atoms with Crippen molar-refractivity contribution >= 4 is 17.5 Å². The normalized spacial score (nSPS) is 17.3. The van der Waals surface area contributed by atoms with Crippen molar-refractivity contribution in [2.24, 2.45) is 0 Å². The molecule has 2 heterocycles. The topological polar surface area (TPSA) is 61.0 Å². The minimum Gasteiger partial charge on any atom is -0.334 e. The van der Waals surface area contributed by atoms with E-state index in [4.69, 9.17) is 11.6 Å². The molecule has 0 saturated carbocycles. The number of aromatic amines is 1. The standard InChI is InChI=1S/C20H19ClN4O/c21-16-8-4-7-15(11-16)18-13-25(10-9-22-18)20(26)17-12-23-19(24-17)14-5-2-1-3-6-14/h1-8,11-12,18,22H,9-10,13H2,(H,23,24). The van der Waals surface area contributed by atoms with Gasteiger partial charge in [-0.05, 0) is 17.7 Å². The fraction of sp³-hybridized carbons (Fsp3) is 0.200. The van der Waals surface area contributed by atoms with Crippen LogP contribution in [0.5, 0.6) is 0 Å². The molecular weight excluding hydrogens is 348 g/mol. The third kappa shape index (κ3) is 3.49. The highest BCUT2D eigenvalue weighted by atomic mass is 35.5. The van der Waals surface area contributed by atoms with Crippen LogP contribution in [0, 0.1) is 0 Å². The van der Waals surface area contributed by atoms with Crippen molar-refractivity contribution < 1.29 is 4.79 Å². The first-order valence-corrected chi connectivity index (χ1v) is 8.97. The highest BCUT2D eigenvalue weighted by molar-refractivity contribution is 6.30. The number of nitrogens with one attached hydrogen (secondary N) is 2. The Balaban J connectivity index is 1.50. The summed E-state index contributed by atoms with van der Waals surface area (Å²) in [5.74, 6) is 0.670. The average molecular weight is 367 g/mol. The lowest BCUT2D eigenvalue weighted by molar-refractivity contribution is 0.0697. The molecule has 1 unspecified atom stereocenters. The van der Waals surface area contributed by atoms with Crippen LogP contribution >= 0.6 is 11.6 Å². The van der Waals surface area contributed by atoms with E-state index in [-0.39, 0.29) is 11.9 Å². The van der Waals surface area contributed by atoms with Gasteiger partial charge in [0.05, 0.1) is 12.2 Å². The maximum Gasteiger partial charge on any atom is 0.272 e. The molecule has 1 aliphatic heterocycles. The fourth-order valence-electron chi connectivity index (χ4n) is 3.22. The van der Waals surface area contributed by atoms with Crippen molar-refractivity contribution in [1.82, 2.24) is 20.2 Å². The molecule has 1 amide bonds. The molecule has 1 fully saturated rings. The van der Waals surface area contributed by atoms with Crippen molar-refractivity contribution in [2.75, 3.05) is 19.6 Å². The lowest BCUT2D eigenvalue weighted by Crippen LogP contribution is -2.48. The van der Waals surface area contributed by atoms with Gasteiger partial charge in [-0.3, -0.25) is 4.79 Å². The maximum absolute atomic E-state index is 12.9. The first-order chi connectivity index (χ1) is 12.7. The lowest BCUT2D eigenvalue weighted by Gasteiger charge is -2.33. The zero-order chi connectivity index (χ0) is 17.9. The van der Waals surface area contributed by atoms with Crippen molar-refractivity contribution in [3.05, 3.63) is 77.1 Å². The van der Waals surface area contributed by atoms with Crippen LogP contribution in [0.15, 0.2) is 60.8 Å². The van der Waals surface area contributed by atoms with Crippen LogP contribution in [0.4, 0.5) is 0 Å². The van der Waals surface area contributed by atoms with E-state index in [1.54, 1.807) is 6.20 Å². The number of rotatable bonds is 3. The molecule has 0 radical (unpaired) electrons. The Morgan fingerprint density at radius 3 is 2.81 bits per heavy atom. The minimum absolute atomic E-state index is 0.0341. The number of carbonyl (C=O) groups is 1. The Kier molecular flexibility index (Phi) is 4.73. The molecule has 2 N–H and O–H groups in total. The molecule has 0 aliphatic carbocycles. The molecule has 1 aromatic heterocycles. The average Bonchev–Trinajstić information content (AvgIpc) is 3.18. The van der Waals surface area contributed by atoms with Crippen molar-refractivity contribution in [2.45, 2.75) is 6.04 Å². The van der Waals surface area contributed by atoms with Gasteiger partial charge in [-0.15, -0.1) is 0 Å². The molecule has 1 atom stereocenters. The predicted molar refractivity (Wildman–Crippen MR) is 102 cm³/mol. The van der Waals surface area contributed by atoms with Gasteiger partial charge in [-0.25, -0.2) is 4.98 Å². The van der Waals surface area contributed by atoms with E-state index in [0.717, 1.165) is 17.7 Å². The molecular formula is C20H19ClN4O. The van der Waals surface area contributed by atoms with E-state index < -0.39 is 0 Å². The summed E-state index contributed by atoms with van der Waals surface area (Å²) in [6.45, 7) is 2.00. The molecule has 0 bridgehead atoms. The molecule has 1 aliphatic rings. The summed E-state index contributed by atoms with van der Waals surface area (Å²) < 4.78 is 0. The number of H-pyrrole nitrogens is 1. The number of carbonyl (C=O) groups excluding carboxylic acids is 1. The number of hydrogen-bond acceptors (Lipinski definition) is 3. The number of piperazine rings is 1. The zero-order valence-corrected chi connectivity index (χ0v) is 14.9. The van der Waals surface area contributed by atoms with Gasteiger partial charge in [-0.2, -0.15) is 0 Å². The van der Waals surface area contributed by atoms with E-state index in [0.29, 0.717) is 29.6 Å². The van der Waals surface area contributed by atoms with Gasteiger partial charge in [-0.1, -0.05) is 54.1 Å². The first kappa shape index (κ1) is 16.8. The van der Waals surface area contributed by atoms with Crippen LogP contribution < -0.4 is 5.32 Å².